The number of ether oxygens (including phenoxy) is 2. The van der Waals surface area contributed by atoms with E-state index in [-0.39, 0.29) is 23.8 Å². The number of piperazine rings is 1. The van der Waals surface area contributed by atoms with E-state index < -0.39 is 18.3 Å². The van der Waals surface area contributed by atoms with E-state index in [1.165, 1.54) is 52.4 Å². The number of aromatic nitrogens is 2. The van der Waals surface area contributed by atoms with Gasteiger partial charge in [-0.15, -0.1) is 0 Å². The maximum absolute atomic E-state index is 14.3. The molecule has 4 aliphatic carbocycles. The number of benzene rings is 1. The molecule has 1 aromatic heterocycles. The van der Waals surface area contributed by atoms with Crippen LogP contribution in [0.5, 0.6) is 11.5 Å². The van der Waals surface area contributed by atoms with Crippen molar-refractivity contribution >= 4 is 11.7 Å². The maximum Gasteiger partial charge on any atom is 0.410 e. The van der Waals surface area contributed by atoms with Gasteiger partial charge in [-0.2, -0.15) is 18.3 Å². The molecular weight excluding hydrogens is 535 g/mol. The van der Waals surface area contributed by atoms with E-state index >= 15 is 0 Å². The minimum absolute atomic E-state index is 0.0628. The van der Waals surface area contributed by atoms with Gasteiger partial charge in [0, 0.05) is 24.3 Å². The summed E-state index contributed by atoms with van der Waals surface area (Å²) in [5.41, 5.74) is 0.703. The van der Waals surface area contributed by atoms with Crippen LogP contribution in [0.25, 0.3) is 0 Å². The molecule has 2 aromatic rings. The Labute approximate surface area is 238 Å². The third-order valence-corrected chi connectivity index (χ3v) is 10.6. The Morgan fingerprint density at radius 2 is 1.61 bits per heavy atom. The number of alkyl halides is 3. The van der Waals surface area contributed by atoms with Gasteiger partial charge in [0.15, 0.2) is 23.2 Å². The van der Waals surface area contributed by atoms with Crippen LogP contribution in [0.3, 0.4) is 0 Å². The van der Waals surface area contributed by atoms with Gasteiger partial charge in [0.1, 0.15) is 5.82 Å². The van der Waals surface area contributed by atoms with E-state index in [0.717, 1.165) is 41.4 Å². The quantitative estimate of drug-likeness (QED) is 0.570. The molecule has 1 aromatic carbocycles. The first kappa shape index (κ1) is 26.9. The van der Waals surface area contributed by atoms with Gasteiger partial charge in [-0.3, -0.25) is 4.79 Å². The number of nitrogens with zero attached hydrogens (tertiary/aromatic N) is 3. The molecule has 6 aliphatic rings. The van der Waals surface area contributed by atoms with Crippen molar-refractivity contribution in [3.8, 4) is 11.5 Å². The molecule has 1 amide bonds. The maximum atomic E-state index is 14.3. The summed E-state index contributed by atoms with van der Waals surface area (Å²) in [7, 11) is 3.00. The van der Waals surface area contributed by atoms with Gasteiger partial charge in [-0.05, 0) is 61.6 Å². The fourth-order valence-electron chi connectivity index (χ4n) is 9.05. The van der Waals surface area contributed by atoms with Crippen molar-refractivity contribution in [2.24, 2.45) is 23.7 Å². The second-order valence-corrected chi connectivity index (χ2v) is 12.9. The number of halogens is 3. The largest absolute Gasteiger partial charge is 0.493 e. The highest BCUT2D eigenvalue weighted by Crippen LogP contribution is 2.53. The van der Waals surface area contributed by atoms with Crippen molar-refractivity contribution in [3.05, 3.63) is 35.5 Å². The number of hydrogen-bond donors (Lipinski definition) is 2. The molecule has 2 atom stereocenters. The number of quaternary nitrogens is 1. The highest BCUT2D eigenvalue weighted by Gasteiger charge is 2.53. The number of fused-ring (bicyclic) bond motifs is 1. The minimum atomic E-state index is -4.52. The van der Waals surface area contributed by atoms with Crippen molar-refractivity contribution in [2.45, 2.75) is 62.8 Å². The summed E-state index contributed by atoms with van der Waals surface area (Å²) in [4.78, 5) is 16.9. The second-order valence-electron chi connectivity index (χ2n) is 12.9. The van der Waals surface area contributed by atoms with Crippen molar-refractivity contribution in [2.75, 3.05) is 45.7 Å². The Bertz CT molecular complexity index is 1280. The van der Waals surface area contributed by atoms with Gasteiger partial charge in [0.25, 0.3) is 5.91 Å². The number of rotatable bonds is 5. The molecule has 2 aliphatic heterocycles. The molecule has 5 fully saturated rings. The number of carbonyl (C=O) groups excluding carboxylic acids is 1. The molecule has 2 N–H and O–H groups in total. The van der Waals surface area contributed by atoms with Crippen LogP contribution >= 0.6 is 0 Å². The summed E-state index contributed by atoms with van der Waals surface area (Å²) in [6.45, 7) is 3.03. The predicted molar refractivity (Wildman–Crippen MR) is 145 cm³/mol. The standard InChI is InChI=1S/C30H38F3N5O3/c1-40-24-4-3-19(14-25(24)41-2)22-15-26(30(31,32)33)38-27(34-22)16-23(35-38)29(39)37-7-5-36(6-8-37)28-20-10-17-9-18(12-20)13-21(28)11-17/h3-4,14,16-18,20-22,26,28,34H,5-13,15H2,1-2H3/p+1. The number of methoxy groups -OCH3 is 2. The zero-order valence-corrected chi connectivity index (χ0v) is 23.6. The summed E-state index contributed by atoms with van der Waals surface area (Å²) in [5.74, 6) is 4.37. The van der Waals surface area contributed by atoms with Crippen LogP contribution in [0.2, 0.25) is 0 Å². The number of amides is 1. The molecule has 3 heterocycles. The molecule has 0 radical (unpaired) electrons. The zero-order chi connectivity index (χ0) is 28.5. The molecule has 8 nitrogen and oxygen atoms in total. The van der Waals surface area contributed by atoms with Gasteiger partial charge in [-0.25, -0.2) is 4.68 Å². The van der Waals surface area contributed by atoms with Crippen LogP contribution in [0.15, 0.2) is 24.3 Å². The van der Waals surface area contributed by atoms with Crippen LogP contribution in [-0.4, -0.2) is 73.2 Å². The lowest BCUT2D eigenvalue weighted by Crippen LogP contribution is -3.20. The fraction of sp³-hybridized carbons (Fsp3) is 0.667. The monoisotopic (exact) mass is 574 g/mol. The van der Waals surface area contributed by atoms with Crippen LogP contribution in [-0.2, 0) is 0 Å². The van der Waals surface area contributed by atoms with Gasteiger partial charge in [-0.1, -0.05) is 6.07 Å². The summed E-state index contributed by atoms with van der Waals surface area (Å²) in [5, 5.41) is 7.41. The Morgan fingerprint density at radius 1 is 0.951 bits per heavy atom. The van der Waals surface area contributed by atoms with E-state index in [0.29, 0.717) is 36.2 Å². The average molecular weight is 575 g/mol. The molecule has 0 spiro atoms. The summed E-state index contributed by atoms with van der Waals surface area (Å²) >= 11 is 0. The smallest absolute Gasteiger partial charge is 0.410 e. The zero-order valence-electron chi connectivity index (χ0n) is 23.6. The number of nitrogens with one attached hydrogen (secondary N) is 2. The third kappa shape index (κ3) is 4.73. The fourth-order valence-corrected chi connectivity index (χ4v) is 9.05. The Kier molecular flexibility index (Phi) is 6.63. The molecule has 222 valence electrons. The molecule has 4 saturated carbocycles. The van der Waals surface area contributed by atoms with E-state index in [1.807, 2.05) is 0 Å². The number of hydrogen-bond acceptors (Lipinski definition) is 5. The first-order valence-electron chi connectivity index (χ1n) is 15.0. The van der Waals surface area contributed by atoms with Gasteiger partial charge < -0.3 is 24.6 Å². The number of carbonyl (C=O) groups is 1. The van der Waals surface area contributed by atoms with E-state index in [9.17, 15) is 18.0 Å². The van der Waals surface area contributed by atoms with E-state index in [2.05, 4.69) is 10.4 Å². The van der Waals surface area contributed by atoms with Crippen molar-refractivity contribution in [1.82, 2.24) is 14.7 Å². The van der Waals surface area contributed by atoms with Crippen molar-refractivity contribution < 1.29 is 32.3 Å². The van der Waals surface area contributed by atoms with E-state index in [1.54, 1.807) is 28.0 Å². The lowest BCUT2D eigenvalue weighted by Gasteiger charge is -2.56. The molecule has 8 rings (SSSR count). The molecule has 11 heteroatoms. The van der Waals surface area contributed by atoms with Crippen LogP contribution < -0.4 is 19.7 Å². The topological polar surface area (TPSA) is 73.1 Å². The van der Waals surface area contributed by atoms with Crippen LogP contribution in [0.4, 0.5) is 19.0 Å². The molecule has 2 unspecified atom stereocenters. The highest BCUT2D eigenvalue weighted by molar-refractivity contribution is 5.93. The minimum Gasteiger partial charge on any atom is -0.493 e. The molecule has 41 heavy (non-hydrogen) atoms. The van der Waals surface area contributed by atoms with Crippen LogP contribution in [0, 0.1) is 23.7 Å². The van der Waals surface area contributed by atoms with Crippen LogP contribution in [0.1, 0.15) is 66.7 Å². The summed E-state index contributed by atoms with van der Waals surface area (Å²) in [6, 6.07) is 4.81. The first-order chi connectivity index (χ1) is 19.7. The second kappa shape index (κ2) is 10.1. The predicted octanol–water partition coefficient (Wildman–Crippen LogP) is 3.73. The Morgan fingerprint density at radius 3 is 2.22 bits per heavy atom. The van der Waals surface area contributed by atoms with Gasteiger partial charge >= 0.3 is 6.18 Å². The first-order valence-corrected chi connectivity index (χ1v) is 15.0. The highest BCUT2D eigenvalue weighted by atomic mass is 19.4. The van der Waals surface area contributed by atoms with Gasteiger partial charge in [0.05, 0.1) is 52.5 Å². The van der Waals surface area contributed by atoms with E-state index in [4.69, 9.17) is 9.47 Å². The molecule has 4 bridgehead atoms. The molecular formula is C30H39F3N5O3+. The lowest BCUT2D eigenvalue weighted by molar-refractivity contribution is -0.939. The third-order valence-electron chi connectivity index (χ3n) is 10.6. The Balaban J connectivity index is 1.07. The average Bonchev–Trinajstić information content (AvgIpc) is 3.39. The van der Waals surface area contributed by atoms with Gasteiger partial charge in [0.2, 0.25) is 0 Å². The summed E-state index contributed by atoms with van der Waals surface area (Å²) in [6.07, 6.45) is 2.16. The lowest BCUT2D eigenvalue weighted by atomic mass is 9.54. The normalized spacial score (nSPS) is 32.9. The van der Waals surface area contributed by atoms with Crippen molar-refractivity contribution in [3.63, 3.8) is 0 Å². The SMILES string of the molecule is COc1ccc(C2CC(C(F)(F)F)n3nc(C(=O)N4CC[NH+](C5C6CC7CC(C6)CC5C7)CC4)cc3N2)cc1OC. The Hall–Kier alpha value is -2.95. The van der Waals surface area contributed by atoms with Crippen molar-refractivity contribution in [1.29, 1.82) is 0 Å². The molecule has 1 saturated heterocycles. The number of anilines is 1. The summed E-state index contributed by atoms with van der Waals surface area (Å²) < 4.78 is 54.3.